The van der Waals surface area contributed by atoms with Crippen LogP contribution in [0.1, 0.15) is 17.0 Å². The highest BCUT2D eigenvalue weighted by molar-refractivity contribution is 9.11. The number of ether oxygens (including phenoxy) is 4. The van der Waals surface area contributed by atoms with Crippen LogP contribution in [0.5, 0.6) is 23.0 Å². The minimum absolute atomic E-state index is 0.0354. The molecule has 0 radical (unpaired) electrons. The fraction of sp³-hybridized carbons (Fsp3) is 0.192. The summed E-state index contributed by atoms with van der Waals surface area (Å²) in [6, 6.07) is 11.2. The Kier molecular flexibility index (Phi) is 7.88. The van der Waals surface area contributed by atoms with Gasteiger partial charge in [0, 0.05) is 0 Å². The van der Waals surface area contributed by atoms with E-state index in [4.69, 9.17) is 24.7 Å². The average molecular weight is 660 g/mol. The molecule has 38 heavy (non-hydrogen) atoms. The number of fused-ring (bicyclic) bond motifs is 1. The van der Waals surface area contributed by atoms with Crippen molar-refractivity contribution in [2.24, 2.45) is 5.73 Å². The van der Waals surface area contributed by atoms with E-state index in [-0.39, 0.29) is 17.0 Å². The van der Waals surface area contributed by atoms with Crippen LogP contribution in [0, 0.1) is 22.7 Å². The van der Waals surface area contributed by atoms with Gasteiger partial charge in [-0.05, 0) is 73.3 Å². The van der Waals surface area contributed by atoms with Gasteiger partial charge in [0.2, 0.25) is 0 Å². The zero-order valence-corrected chi connectivity index (χ0v) is 24.6. The number of nitrogens with zero attached hydrogens (tertiary/aromatic N) is 3. The minimum Gasteiger partial charge on any atom is -0.493 e. The van der Waals surface area contributed by atoms with E-state index >= 15 is 0 Å². The van der Waals surface area contributed by atoms with Crippen LogP contribution in [0.15, 0.2) is 43.6 Å². The number of hydrogen-bond acceptors (Lipinski definition) is 9. The van der Waals surface area contributed by atoms with Crippen LogP contribution < -0.4 is 39.4 Å². The third-order valence-corrected chi connectivity index (χ3v) is 8.22. The Morgan fingerprint density at radius 2 is 1.50 bits per heavy atom. The Labute approximate surface area is 238 Å². The van der Waals surface area contributed by atoms with E-state index in [0.29, 0.717) is 52.3 Å². The highest BCUT2D eigenvalue weighted by atomic mass is 79.9. The van der Waals surface area contributed by atoms with Crippen LogP contribution in [0.2, 0.25) is 0 Å². The van der Waals surface area contributed by atoms with Gasteiger partial charge in [0.1, 0.15) is 10.5 Å². The summed E-state index contributed by atoms with van der Waals surface area (Å²) in [6.45, 7) is 0. The molecule has 2 aromatic carbocycles. The molecule has 1 aliphatic rings. The molecule has 9 nitrogen and oxygen atoms in total. The number of benzene rings is 2. The number of aromatic nitrogens is 1. The molecule has 0 bridgehead atoms. The van der Waals surface area contributed by atoms with Crippen molar-refractivity contribution < 1.29 is 18.9 Å². The first-order chi connectivity index (χ1) is 18.2. The first-order valence-corrected chi connectivity index (χ1v) is 13.3. The molecule has 4 rings (SSSR count). The predicted octanol–water partition coefficient (Wildman–Crippen LogP) is 3.42. The van der Waals surface area contributed by atoms with Gasteiger partial charge in [-0.15, -0.1) is 11.3 Å². The minimum atomic E-state index is -0.817. The molecule has 1 aliphatic heterocycles. The number of halogens is 2. The summed E-state index contributed by atoms with van der Waals surface area (Å²) in [5.41, 5.74) is 7.49. The summed E-state index contributed by atoms with van der Waals surface area (Å²) in [7, 11) is 6.04. The Balaban J connectivity index is 2.03. The number of methoxy groups -OCH3 is 4. The van der Waals surface area contributed by atoms with E-state index in [1.165, 1.54) is 33.0 Å². The molecule has 2 heterocycles. The molecule has 3 aromatic rings. The molecule has 0 amide bonds. The quantitative estimate of drug-likeness (QED) is 0.426. The van der Waals surface area contributed by atoms with Gasteiger partial charge in [0.15, 0.2) is 23.0 Å². The lowest BCUT2D eigenvalue weighted by molar-refractivity contribution is 0.352. The zero-order chi connectivity index (χ0) is 27.7. The second kappa shape index (κ2) is 11.0. The van der Waals surface area contributed by atoms with Crippen molar-refractivity contribution >= 4 is 60.7 Å². The zero-order valence-electron chi connectivity index (χ0n) is 20.6. The molecule has 0 saturated heterocycles. The van der Waals surface area contributed by atoms with Crippen LogP contribution in [0.25, 0.3) is 17.5 Å². The maximum atomic E-state index is 13.5. The first-order valence-electron chi connectivity index (χ1n) is 10.8. The Morgan fingerprint density at radius 1 is 0.921 bits per heavy atom. The Morgan fingerprint density at radius 3 is 2.05 bits per heavy atom. The smallest absolute Gasteiger partial charge is 0.274 e. The van der Waals surface area contributed by atoms with Gasteiger partial charge in [-0.25, -0.2) is 0 Å². The van der Waals surface area contributed by atoms with Crippen LogP contribution in [0.4, 0.5) is 0 Å². The number of nitrogens with two attached hydrogens (primary N) is 1. The van der Waals surface area contributed by atoms with E-state index in [2.05, 4.69) is 44.0 Å². The predicted molar refractivity (Wildman–Crippen MR) is 151 cm³/mol. The topological polar surface area (TPSA) is 133 Å². The fourth-order valence-corrected chi connectivity index (χ4v) is 6.63. The summed E-state index contributed by atoms with van der Waals surface area (Å²) in [4.78, 5) is 13.5. The van der Waals surface area contributed by atoms with Crippen LogP contribution in [-0.2, 0) is 0 Å². The fourth-order valence-electron chi connectivity index (χ4n) is 4.26. The van der Waals surface area contributed by atoms with Crippen molar-refractivity contribution in [2.45, 2.75) is 5.92 Å². The molecule has 0 fully saturated rings. The van der Waals surface area contributed by atoms with E-state index < -0.39 is 11.5 Å². The summed E-state index contributed by atoms with van der Waals surface area (Å²) in [6.07, 6.45) is 1.67. The maximum absolute atomic E-state index is 13.5. The summed E-state index contributed by atoms with van der Waals surface area (Å²) in [5.74, 6) is 1.01. The summed E-state index contributed by atoms with van der Waals surface area (Å²) in [5, 5.41) is 20.3. The van der Waals surface area contributed by atoms with Crippen molar-refractivity contribution in [3.63, 3.8) is 0 Å². The van der Waals surface area contributed by atoms with Crippen molar-refractivity contribution in [2.75, 3.05) is 28.4 Å². The highest BCUT2D eigenvalue weighted by Crippen LogP contribution is 2.43. The van der Waals surface area contributed by atoms with E-state index in [9.17, 15) is 15.3 Å². The van der Waals surface area contributed by atoms with Gasteiger partial charge in [-0.3, -0.25) is 9.36 Å². The Hall–Kier alpha value is -3.71. The highest BCUT2D eigenvalue weighted by Gasteiger charge is 2.33. The Bertz CT molecular complexity index is 1760. The molecule has 0 unspecified atom stereocenters. The number of nitriles is 2. The van der Waals surface area contributed by atoms with Gasteiger partial charge in [-0.1, -0.05) is 0 Å². The molecule has 0 spiro atoms. The second-order valence-electron chi connectivity index (χ2n) is 7.90. The van der Waals surface area contributed by atoms with Crippen molar-refractivity contribution in [1.82, 2.24) is 4.57 Å². The lowest BCUT2D eigenvalue weighted by Gasteiger charge is -2.23. The lowest BCUT2D eigenvalue weighted by Crippen LogP contribution is -2.38. The van der Waals surface area contributed by atoms with Gasteiger partial charge >= 0.3 is 0 Å². The van der Waals surface area contributed by atoms with Gasteiger partial charge in [-0.2, -0.15) is 10.5 Å². The van der Waals surface area contributed by atoms with E-state index in [0.717, 1.165) is 11.3 Å². The number of thiazole rings is 1. The standard InChI is InChI=1S/C26H20Br2N4O5S/c1-34-18-6-12(5-16(27)22(18)36-3)7-20-25(33)32-24(31)14(10-29)21(15(11-30)26(32)38-20)13-8-17(28)23(37-4)19(9-13)35-2/h5-9,21H,31H2,1-4H3/b20-7+/t21-/m1/s1. The second-order valence-corrected chi connectivity index (χ2v) is 10.6. The van der Waals surface area contributed by atoms with E-state index in [1.54, 1.807) is 30.3 Å². The van der Waals surface area contributed by atoms with Gasteiger partial charge < -0.3 is 24.7 Å². The third-order valence-electron chi connectivity index (χ3n) is 5.93. The molecule has 2 N–H and O–H groups in total. The van der Waals surface area contributed by atoms with Crippen molar-refractivity contribution in [1.29, 1.82) is 10.5 Å². The molecule has 1 atom stereocenters. The summed E-state index contributed by atoms with van der Waals surface area (Å²) >= 11 is 8.04. The number of rotatable bonds is 6. The molecule has 0 saturated carbocycles. The SMILES string of the molecule is COc1cc(/C=c2/sc3n(c2=O)C(N)=C(C#N)[C@@H](c2cc(Br)c(OC)c(OC)c2)C=3C#N)cc(Br)c1OC. The molecule has 194 valence electrons. The molecular formula is C26H20Br2N4O5S. The molecule has 0 aliphatic carbocycles. The molecule has 12 heteroatoms. The van der Waals surface area contributed by atoms with Crippen LogP contribution >= 0.6 is 43.2 Å². The average Bonchev–Trinajstić information content (AvgIpc) is 3.23. The lowest BCUT2D eigenvalue weighted by atomic mass is 9.84. The van der Waals surface area contributed by atoms with Gasteiger partial charge in [0.05, 0.1) is 71.1 Å². The first kappa shape index (κ1) is 27.3. The largest absolute Gasteiger partial charge is 0.493 e. The van der Waals surface area contributed by atoms with Crippen molar-refractivity contribution in [3.8, 4) is 35.1 Å². The normalized spacial score (nSPS) is 15.0. The van der Waals surface area contributed by atoms with Crippen LogP contribution in [-0.4, -0.2) is 33.0 Å². The summed E-state index contributed by atoms with van der Waals surface area (Å²) < 4.78 is 24.7. The van der Waals surface area contributed by atoms with E-state index in [1.807, 2.05) is 0 Å². The third kappa shape index (κ3) is 4.45. The van der Waals surface area contributed by atoms with Crippen LogP contribution in [0.3, 0.4) is 0 Å². The molecular weight excluding hydrogens is 640 g/mol. The number of allylic oxidation sites excluding steroid dienone is 1. The number of hydrogen-bond donors (Lipinski definition) is 1. The van der Waals surface area contributed by atoms with Crippen molar-refractivity contribution in [3.05, 3.63) is 69.5 Å². The van der Waals surface area contributed by atoms with Gasteiger partial charge in [0.25, 0.3) is 5.56 Å². The molecule has 1 aromatic heterocycles. The monoisotopic (exact) mass is 658 g/mol. The maximum Gasteiger partial charge on any atom is 0.274 e.